The normalized spacial score (nSPS) is 17.9. The molecule has 5 heteroatoms. The van der Waals surface area contributed by atoms with Crippen molar-refractivity contribution >= 4 is 22.8 Å². The molecule has 0 aliphatic carbocycles. The van der Waals surface area contributed by atoms with Crippen LogP contribution < -0.4 is 0 Å². The highest BCUT2D eigenvalue weighted by atomic mass is 16.4. The number of fused-ring (bicyclic) bond motifs is 1. The maximum atomic E-state index is 12.7. The number of hydrogen-bond donors (Lipinski definition) is 1. The lowest BCUT2D eigenvalue weighted by Crippen LogP contribution is -2.30. The van der Waals surface area contributed by atoms with Gasteiger partial charge in [0.2, 0.25) is 0 Å². The van der Waals surface area contributed by atoms with Gasteiger partial charge in [0.05, 0.1) is 22.7 Å². The molecule has 1 N–H and O–H groups in total. The molecule has 1 aliphatic rings. The van der Waals surface area contributed by atoms with Crippen molar-refractivity contribution in [1.29, 1.82) is 0 Å². The van der Waals surface area contributed by atoms with Gasteiger partial charge < -0.3 is 10.0 Å². The molecule has 0 radical (unpaired) electrons. The molecule has 1 aromatic heterocycles. The van der Waals surface area contributed by atoms with Crippen molar-refractivity contribution in [2.75, 3.05) is 13.1 Å². The summed E-state index contributed by atoms with van der Waals surface area (Å²) in [6.45, 7) is 4.58. The minimum Gasteiger partial charge on any atom is -0.481 e. The first-order valence-electron chi connectivity index (χ1n) is 7.36. The van der Waals surface area contributed by atoms with Crippen LogP contribution in [-0.4, -0.2) is 40.0 Å². The predicted octanol–water partition coefficient (Wildman–Crippen LogP) is 2.40. The Hall–Kier alpha value is -2.43. The Morgan fingerprint density at radius 1 is 1.27 bits per heavy atom. The summed E-state index contributed by atoms with van der Waals surface area (Å²) in [5.74, 6) is -1.42. The number of carboxylic acids is 1. The third-order valence-electron chi connectivity index (χ3n) is 4.22. The number of hydrogen-bond acceptors (Lipinski definition) is 3. The molecule has 0 unspecified atom stereocenters. The number of carbonyl (C=O) groups is 2. The molecular weight excluding hydrogens is 280 g/mol. The van der Waals surface area contributed by atoms with Gasteiger partial charge >= 0.3 is 5.97 Å². The van der Waals surface area contributed by atoms with E-state index in [0.717, 1.165) is 16.5 Å². The molecule has 1 saturated heterocycles. The molecule has 0 spiro atoms. The summed E-state index contributed by atoms with van der Waals surface area (Å²) < 4.78 is 0. The number of nitrogens with zero attached hydrogens (tertiary/aromatic N) is 2. The van der Waals surface area contributed by atoms with Gasteiger partial charge in [0, 0.05) is 18.5 Å². The summed E-state index contributed by atoms with van der Waals surface area (Å²) in [5, 5.41) is 9.99. The first kappa shape index (κ1) is 14.5. The first-order chi connectivity index (χ1) is 10.5. The number of carboxylic acid groups (broad SMARTS) is 1. The summed E-state index contributed by atoms with van der Waals surface area (Å²) in [7, 11) is 0. The number of aliphatic carboxylic acids is 1. The SMILES string of the molecule is Cc1ccc2nc(C)c(C(=O)N3CC[C@@H](C(=O)O)C3)cc2c1. The fourth-order valence-electron chi connectivity index (χ4n) is 2.93. The fraction of sp³-hybridized carbons (Fsp3) is 0.353. The van der Waals surface area contributed by atoms with E-state index in [1.54, 1.807) is 4.90 Å². The van der Waals surface area contributed by atoms with Crippen LogP contribution in [0, 0.1) is 19.8 Å². The second-order valence-corrected chi connectivity index (χ2v) is 5.89. The van der Waals surface area contributed by atoms with Crippen molar-refractivity contribution in [2.24, 2.45) is 5.92 Å². The monoisotopic (exact) mass is 298 g/mol. The molecule has 22 heavy (non-hydrogen) atoms. The second kappa shape index (κ2) is 5.40. The number of rotatable bonds is 2. The number of aromatic nitrogens is 1. The van der Waals surface area contributed by atoms with Gasteiger partial charge in [-0.25, -0.2) is 0 Å². The van der Waals surface area contributed by atoms with Crippen LogP contribution in [-0.2, 0) is 4.79 Å². The van der Waals surface area contributed by atoms with E-state index in [1.165, 1.54) is 0 Å². The van der Waals surface area contributed by atoms with Crippen molar-refractivity contribution in [1.82, 2.24) is 9.88 Å². The van der Waals surface area contributed by atoms with Crippen LogP contribution in [0.2, 0.25) is 0 Å². The van der Waals surface area contributed by atoms with Crippen LogP contribution in [0.4, 0.5) is 0 Å². The average molecular weight is 298 g/mol. The van der Waals surface area contributed by atoms with Gasteiger partial charge in [0.25, 0.3) is 5.91 Å². The smallest absolute Gasteiger partial charge is 0.308 e. The summed E-state index contributed by atoms with van der Waals surface area (Å²) >= 11 is 0. The van der Waals surface area contributed by atoms with E-state index in [2.05, 4.69) is 4.98 Å². The molecule has 3 rings (SSSR count). The highest BCUT2D eigenvalue weighted by Gasteiger charge is 2.32. The van der Waals surface area contributed by atoms with E-state index >= 15 is 0 Å². The lowest BCUT2D eigenvalue weighted by molar-refractivity contribution is -0.141. The minimum absolute atomic E-state index is 0.128. The molecule has 2 heterocycles. The quantitative estimate of drug-likeness (QED) is 0.924. The average Bonchev–Trinajstić information content (AvgIpc) is 2.96. The molecule has 1 aromatic carbocycles. The van der Waals surface area contributed by atoms with Gasteiger partial charge in [-0.1, -0.05) is 11.6 Å². The highest BCUT2D eigenvalue weighted by Crippen LogP contribution is 2.23. The van der Waals surface area contributed by atoms with Gasteiger partial charge in [-0.05, 0) is 38.5 Å². The van der Waals surface area contributed by atoms with Crippen LogP contribution in [0.3, 0.4) is 0 Å². The summed E-state index contributed by atoms with van der Waals surface area (Å²) in [6.07, 6.45) is 0.514. The molecule has 5 nitrogen and oxygen atoms in total. The molecule has 0 bridgehead atoms. The van der Waals surface area contributed by atoms with Crippen LogP contribution >= 0.6 is 0 Å². The Bertz CT molecular complexity index is 770. The van der Waals surface area contributed by atoms with Crippen LogP contribution in [0.1, 0.15) is 28.0 Å². The lowest BCUT2D eigenvalue weighted by Gasteiger charge is -2.17. The van der Waals surface area contributed by atoms with E-state index in [1.807, 2.05) is 38.1 Å². The molecule has 114 valence electrons. The lowest BCUT2D eigenvalue weighted by atomic mass is 10.1. The minimum atomic E-state index is -0.834. The van der Waals surface area contributed by atoms with Gasteiger partial charge in [-0.2, -0.15) is 0 Å². The fourth-order valence-corrected chi connectivity index (χ4v) is 2.93. The van der Waals surface area contributed by atoms with Gasteiger partial charge in [0.1, 0.15) is 0 Å². The Balaban J connectivity index is 1.94. The topological polar surface area (TPSA) is 70.5 Å². The van der Waals surface area contributed by atoms with E-state index < -0.39 is 11.9 Å². The van der Waals surface area contributed by atoms with Crippen molar-refractivity contribution < 1.29 is 14.7 Å². The van der Waals surface area contributed by atoms with Crippen molar-refractivity contribution in [2.45, 2.75) is 20.3 Å². The maximum absolute atomic E-state index is 12.7. The van der Waals surface area contributed by atoms with Gasteiger partial charge in [0.15, 0.2) is 0 Å². The van der Waals surface area contributed by atoms with Crippen molar-refractivity contribution in [3.63, 3.8) is 0 Å². The predicted molar refractivity (Wildman–Crippen MR) is 82.9 cm³/mol. The third-order valence-corrected chi connectivity index (χ3v) is 4.22. The number of aryl methyl sites for hydroxylation is 2. The van der Waals surface area contributed by atoms with Crippen molar-refractivity contribution in [3.05, 3.63) is 41.1 Å². The van der Waals surface area contributed by atoms with Gasteiger partial charge in [-0.15, -0.1) is 0 Å². The standard InChI is InChI=1S/C17H18N2O3/c1-10-3-4-15-13(7-10)8-14(11(2)18-15)16(20)19-6-5-12(9-19)17(21)22/h3-4,7-8,12H,5-6,9H2,1-2H3,(H,21,22)/t12-/m1/s1. The molecule has 0 saturated carbocycles. The number of amides is 1. The van der Waals surface area contributed by atoms with E-state index in [0.29, 0.717) is 24.2 Å². The Morgan fingerprint density at radius 2 is 2.05 bits per heavy atom. The Morgan fingerprint density at radius 3 is 2.73 bits per heavy atom. The second-order valence-electron chi connectivity index (χ2n) is 5.89. The molecule has 1 aliphatic heterocycles. The highest BCUT2D eigenvalue weighted by molar-refractivity contribution is 5.99. The largest absolute Gasteiger partial charge is 0.481 e. The van der Waals surface area contributed by atoms with Crippen molar-refractivity contribution in [3.8, 4) is 0 Å². The zero-order valence-corrected chi connectivity index (χ0v) is 12.7. The first-order valence-corrected chi connectivity index (χ1v) is 7.36. The van der Waals surface area contributed by atoms with Gasteiger partial charge in [-0.3, -0.25) is 14.6 Å². The molecule has 1 fully saturated rings. The third kappa shape index (κ3) is 2.54. The summed E-state index contributed by atoms with van der Waals surface area (Å²) in [4.78, 5) is 29.8. The maximum Gasteiger partial charge on any atom is 0.308 e. The number of pyridine rings is 1. The molecular formula is C17H18N2O3. The molecule has 1 atom stereocenters. The summed E-state index contributed by atoms with van der Waals surface area (Å²) in [5.41, 5.74) is 3.22. The summed E-state index contributed by atoms with van der Waals surface area (Å²) in [6, 6.07) is 7.81. The molecule has 1 amide bonds. The number of likely N-dealkylation sites (tertiary alicyclic amines) is 1. The van der Waals surface area contributed by atoms with Crippen LogP contribution in [0.15, 0.2) is 24.3 Å². The zero-order chi connectivity index (χ0) is 15.9. The zero-order valence-electron chi connectivity index (χ0n) is 12.7. The Kier molecular flexibility index (Phi) is 3.56. The van der Waals surface area contributed by atoms with Crippen LogP contribution in [0.5, 0.6) is 0 Å². The van der Waals surface area contributed by atoms with Crippen LogP contribution in [0.25, 0.3) is 10.9 Å². The molecule has 2 aromatic rings. The van der Waals surface area contributed by atoms with E-state index in [4.69, 9.17) is 5.11 Å². The Labute approximate surface area is 128 Å². The number of carbonyl (C=O) groups excluding carboxylic acids is 1. The number of benzene rings is 1. The van der Waals surface area contributed by atoms with E-state index in [9.17, 15) is 9.59 Å². The van der Waals surface area contributed by atoms with E-state index in [-0.39, 0.29) is 12.5 Å².